The lowest BCUT2D eigenvalue weighted by molar-refractivity contribution is -0.605. The van der Waals surface area contributed by atoms with E-state index in [1.165, 1.54) is 29.2 Å². The number of rotatable bonds is 7. The smallest absolute Gasteiger partial charge is 0.333 e. The molecule has 0 fully saturated rings. The van der Waals surface area contributed by atoms with E-state index in [0.717, 1.165) is 16.3 Å². The van der Waals surface area contributed by atoms with Crippen molar-refractivity contribution in [2.45, 2.75) is 33.5 Å². The summed E-state index contributed by atoms with van der Waals surface area (Å²) in [5.41, 5.74) is 4.28. The number of hydrazine groups is 1. The van der Waals surface area contributed by atoms with Gasteiger partial charge in [0.2, 0.25) is 0 Å². The van der Waals surface area contributed by atoms with Gasteiger partial charge in [-0.05, 0) is 17.5 Å². The van der Waals surface area contributed by atoms with Crippen LogP contribution in [0, 0.1) is 11.1 Å². The average Bonchev–Trinajstić information content (AvgIpc) is 3.26. The van der Waals surface area contributed by atoms with Crippen molar-refractivity contribution in [1.82, 2.24) is 29.5 Å². The van der Waals surface area contributed by atoms with Gasteiger partial charge in [0.15, 0.2) is 23.6 Å². The summed E-state index contributed by atoms with van der Waals surface area (Å²) in [4.78, 5) is 55.8. The molecule has 186 valence electrons. The van der Waals surface area contributed by atoms with Gasteiger partial charge in [-0.2, -0.15) is 4.73 Å². The Bertz CT molecular complexity index is 1540. The second-order valence-electron chi connectivity index (χ2n) is 8.66. The second kappa shape index (κ2) is 10.3. The van der Waals surface area contributed by atoms with Crippen LogP contribution in [0.15, 0.2) is 70.8 Å². The van der Waals surface area contributed by atoms with E-state index in [9.17, 15) is 24.4 Å². The standard InChI is InChI=1S/C24H25N7O5/c1-16(2)11-28-15-25-21-20(28)23(34)31(24(35)30(21)12-17-7-4-3-5-8-17)14-19(32)26-27-22(33)18-9-6-10-29(36)13-18/h3-10,13,15-16H,11-12,14H2,1-2H3,(H,26,32)(H,27,33). The highest BCUT2D eigenvalue weighted by molar-refractivity contribution is 5.94. The van der Waals surface area contributed by atoms with Crippen LogP contribution in [-0.2, 0) is 24.4 Å². The fraction of sp³-hybridized carbons (Fsp3) is 0.250. The quantitative estimate of drug-likeness (QED) is 0.214. The molecule has 2 amide bonds. The van der Waals surface area contributed by atoms with Crippen LogP contribution in [0.4, 0.5) is 0 Å². The van der Waals surface area contributed by atoms with E-state index in [2.05, 4.69) is 15.8 Å². The predicted molar refractivity (Wildman–Crippen MR) is 130 cm³/mol. The van der Waals surface area contributed by atoms with Gasteiger partial charge in [0.25, 0.3) is 17.4 Å². The molecule has 0 saturated heterocycles. The predicted octanol–water partition coefficient (Wildman–Crippen LogP) is 0.159. The van der Waals surface area contributed by atoms with Gasteiger partial charge in [-0.1, -0.05) is 44.2 Å². The monoisotopic (exact) mass is 491 g/mol. The highest BCUT2D eigenvalue weighted by atomic mass is 16.5. The molecule has 0 unspecified atom stereocenters. The zero-order chi connectivity index (χ0) is 25.8. The summed E-state index contributed by atoms with van der Waals surface area (Å²) in [6, 6.07) is 12.0. The molecule has 36 heavy (non-hydrogen) atoms. The third kappa shape index (κ3) is 5.17. The van der Waals surface area contributed by atoms with E-state index < -0.39 is 29.6 Å². The highest BCUT2D eigenvalue weighted by Crippen LogP contribution is 2.11. The number of nitrogens with zero attached hydrogens (tertiary/aromatic N) is 5. The van der Waals surface area contributed by atoms with Gasteiger partial charge >= 0.3 is 5.69 Å². The number of fused-ring (bicyclic) bond motifs is 1. The van der Waals surface area contributed by atoms with Gasteiger partial charge in [0, 0.05) is 12.6 Å². The number of amides is 2. The van der Waals surface area contributed by atoms with Crippen molar-refractivity contribution in [3.05, 3.63) is 98.4 Å². The van der Waals surface area contributed by atoms with Crippen molar-refractivity contribution in [3.8, 4) is 0 Å². The molecule has 12 heteroatoms. The summed E-state index contributed by atoms with van der Waals surface area (Å²) < 4.78 is 4.29. The van der Waals surface area contributed by atoms with Crippen LogP contribution in [0.3, 0.4) is 0 Å². The second-order valence-corrected chi connectivity index (χ2v) is 8.66. The molecule has 0 bridgehead atoms. The molecule has 12 nitrogen and oxygen atoms in total. The van der Waals surface area contributed by atoms with Crippen LogP contribution in [0.5, 0.6) is 0 Å². The SMILES string of the molecule is CC(C)Cn1cnc2c1c(=O)n(CC(=O)NNC(=O)c1ccc[n+]([O-])c1)c(=O)n2Cc1ccccc1. The number of nitrogens with one attached hydrogen (secondary N) is 2. The van der Waals surface area contributed by atoms with Crippen LogP contribution >= 0.6 is 0 Å². The average molecular weight is 492 g/mol. The zero-order valence-corrected chi connectivity index (χ0v) is 19.7. The minimum absolute atomic E-state index is 0.0224. The lowest BCUT2D eigenvalue weighted by Gasteiger charge is -2.14. The minimum atomic E-state index is -0.797. The highest BCUT2D eigenvalue weighted by Gasteiger charge is 2.20. The van der Waals surface area contributed by atoms with E-state index in [1.807, 2.05) is 44.2 Å². The normalized spacial score (nSPS) is 11.1. The van der Waals surface area contributed by atoms with Crippen molar-refractivity contribution >= 4 is 23.0 Å². The van der Waals surface area contributed by atoms with E-state index in [4.69, 9.17) is 0 Å². The number of hydrogen-bond acceptors (Lipinski definition) is 6. The van der Waals surface area contributed by atoms with Crippen molar-refractivity contribution < 1.29 is 14.3 Å². The Kier molecular flexibility index (Phi) is 6.95. The first kappa shape index (κ1) is 24.4. The minimum Gasteiger partial charge on any atom is -0.619 e. The molecule has 0 atom stereocenters. The molecule has 4 rings (SSSR count). The summed E-state index contributed by atoms with van der Waals surface area (Å²) in [7, 11) is 0. The molecule has 3 heterocycles. The van der Waals surface area contributed by atoms with Crippen molar-refractivity contribution in [2.24, 2.45) is 5.92 Å². The van der Waals surface area contributed by atoms with Crippen LogP contribution in [0.2, 0.25) is 0 Å². The number of carbonyl (C=O) groups excluding carboxylic acids is 2. The molecule has 1 aromatic carbocycles. The van der Waals surface area contributed by atoms with E-state index in [-0.39, 0.29) is 29.2 Å². The first-order chi connectivity index (χ1) is 17.2. The van der Waals surface area contributed by atoms with Crippen LogP contribution < -0.4 is 26.8 Å². The fourth-order valence-electron chi connectivity index (χ4n) is 3.79. The molecular formula is C24H25N7O5. The van der Waals surface area contributed by atoms with Crippen molar-refractivity contribution in [3.63, 3.8) is 0 Å². The molecular weight excluding hydrogens is 466 g/mol. The Hall–Kier alpha value is -4.74. The molecule has 2 N–H and O–H groups in total. The number of aromatic nitrogens is 5. The molecule has 0 aliphatic rings. The lowest BCUT2D eigenvalue weighted by atomic mass is 10.2. The van der Waals surface area contributed by atoms with E-state index in [1.54, 1.807) is 4.57 Å². The summed E-state index contributed by atoms with van der Waals surface area (Å²) in [6.45, 7) is 3.99. The topological polar surface area (TPSA) is 147 Å². The van der Waals surface area contributed by atoms with E-state index in [0.29, 0.717) is 11.3 Å². The molecule has 0 aliphatic heterocycles. The maximum Gasteiger partial charge on any atom is 0.333 e. The number of benzene rings is 1. The lowest BCUT2D eigenvalue weighted by Crippen LogP contribution is -2.48. The largest absolute Gasteiger partial charge is 0.619 e. The summed E-state index contributed by atoms with van der Waals surface area (Å²) in [6.07, 6.45) is 3.76. The Morgan fingerprint density at radius 3 is 2.50 bits per heavy atom. The number of pyridine rings is 1. The van der Waals surface area contributed by atoms with Gasteiger partial charge < -0.3 is 9.77 Å². The Labute approximate surface area is 205 Å². The Balaban J connectivity index is 1.66. The van der Waals surface area contributed by atoms with Gasteiger partial charge in [-0.15, -0.1) is 0 Å². The summed E-state index contributed by atoms with van der Waals surface area (Å²) >= 11 is 0. The maximum absolute atomic E-state index is 13.3. The number of carbonyl (C=O) groups is 2. The van der Waals surface area contributed by atoms with E-state index >= 15 is 0 Å². The summed E-state index contributed by atoms with van der Waals surface area (Å²) in [5.74, 6) is -1.32. The van der Waals surface area contributed by atoms with Crippen LogP contribution in [0.25, 0.3) is 11.2 Å². The third-order valence-corrected chi connectivity index (χ3v) is 5.38. The molecule has 0 aliphatic carbocycles. The van der Waals surface area contributed by atoms with Crippen molar-refractivity contribution in [2.75, 3.05) is 0 Å². The molecule has 4 aromatic rings. The van der Waals surface area contributed by atoms with Crippen molar-refractivity contribution in [1.29, 1.82) is 0 Å². The number of imidazole rings is 1. The molecule has 0 radical (unpaired) electrons. The zero-order valence-electron chi connectivity index (χ0n) is 19.7. The van der Waals surface area contributed by atoms with Gasteiger partial charge in [0.1, 0.15) is 12.1 Å². The Morgan fingerprint density at radius 1 is 1.06 bits per heavy atom. The fourth-order valence-corrected chi connectivity index (χ4v) is 3.79. The molecule has 3 aromatic heterocycles. The molecule has 0 spiro atoms. The van der Waals surface area contributed by atoms with Gasteiger partial charge in [-0.3, -0.25) is 29.8 Å². The summed E-state index contributed by atoms with van der Waals surface area (Å²) in [5, 5.41) is 11.4. The Morgan fingerprint density at radius 2 is 1.81 bits per heavy atom. The molecule has 0 saturated carbocycles. The first-order valence-electron chi connectivity index (χ1n) is 11.2. The maximum atomic E-state index is 13.3. The van der Waals surface area contributed by atoms with Gasteiger partial charge in [-0.25, -0.2) is 14.3 Å². The van der Waals surface area contributed by atoms with Gasteiger partial charge in [0.05, 0.1) is 12.9 Å². The first-order valence-corrected chi connectivity index (χ1v) is 11.2. The van der Waals surface area contributed by atoms with Crippen LogP contribution in [0.1, 0.15) is 29.8 Å². The third-order valence-electron chi connectivity index (χ3n) is 5.38. The van der Waals surface area contributed by atoms with Crippen LogP contribution in [-0.4, -0.2) is 30.5 Å². The number of hydrogen-bond donors (Lipinski definition) is 2.